The van der Waals surface area contributed by atoms with E-state index in [1.54, 1.807) is 0 Å². The molecule has 0 aromatic carbocycles. The quantitative estimate of drug-likeness (QED) is 0.744. The van der Waals surface area contributed by atoms with Gasteiger partial charge in [0.25, 0.3) is 0 Å². The molecule has 96 valence electrons. The Morgan fingerprint density at radius 2 is 2.12 bits per heavy atom. The molecule has 0 bridgehead atoms. The molecule has 1 aliphatic carbocycles. The molecule has 2 rings (SSSR count). The van der Waals surface area contributed by atoms with Crippen LogP contribution in [0.15, 0.2) is 4.47 Å². The number of hydrogen-bond acceptors (Lipinski definition) is 1. The summed E-state index contributed by atoms with van der Waals surface area (Å²) in [6.07, 6.45) is 5.90. The summed E-state index contributed by atoms with van der Waals surface area (Å²) in [4.78, 5) is 0. The fourth-order valence-electron chi connectivity index (χ4n) is 2.58. The van der Waals surface area contributed by atoms with E-state index in [9.17, 15) is 0 Å². The molecule has 2 nitrogen and oxygen atoms in total. The number of nitrogens with zero attached hydrogens (tertiary/aromatic N) is 2. The highest BCUT2D eigenvalue weighted by Crippen LogP contribution is 2.45. The molecule has 0 aliphatic heterocycles. The van der Waals surface area contributed by atoms with Gasteiger partial charge in [-0.2, -0.15) is 5.10 Å². The third-order valence-electron chi connectivity index (χ3n) is 3.93. The molecule has 1 fully saturated rings. The van der Waals surface area contributed by atoms with Crippen molar-refractivity contribution in [3.05, 3.63) is 15.9 Å². The van der Waals surface area contributed by atoms with E-state index in [1.165, 1.54) is 35.1 Å². The molecule has 4 heteroatoms. The second kappa shape index (κ2) is 5.31. The van der Waals surface area contributed by atoms with Crippen LogP contribution in [0.4, 0.5) is 0 Å². The molecule has 0 amide bonds. The van der Waals surface area contributed by atoms with Crippen molar-refractivity contribution >= 4 is 27.5 Å². The average molecular weight is 320 g/mol. The Labute approximate surface area is 117 Å². The zero-order chi connectivity index (χ0) is 12.5. The molecule has 0 N–H and O–H groups in total. The van der Waals surface area contributed by atoms with Crippen LogP contribution in [0.1, 0.15) is 44.5 Å². The van der Waals surface area contributed by atoms with Gasteiger partial charge < -0.3 is 0 Å². The van der Waals surface area contributed by atoms with Gasteiger partial charge in [0, 0.05) is 12.4 Å². The predicted molar refractivity (Wildman–Crippen MR) is 75.7 cm³/mol. The summed E-state index contributed by atoms with van der Waals surface area (Å²) in [5.74, 6) is 0.774. The van der Waals surface area contributed by atoms with Crippen molar-refractivity contribution in [2.45, 2.75) is 52.5 Å². The molecule has 1 heterocycles. The molecule has 0 radical (unpaired) electrons. The highest BCUT2D eigenvalue weighted by molar-refractivity contribution is 9.10. The van der Waals surface area contributed by atoms with Crippen molar-refractivity contribution in [3.63, 3.8) is 0 Å². The van der Waals surface area contributed by atoms with Crippen molar-refractivity contribution in [1.82, 2.24) is 9.78 Å². The Bertz CT molecular complexity index is 391. The normalized spacial score (nSPS) is 18.1. The Morgan fingerprint density at radius 3 is 2.53 bits per heavy atom. The Balaban J connectivity index is 2.27. The van der Waals surface area contributed by atoms with Crippen molar-refractivity contribution in [2.24, 2.45) is 5.41 Å². The van der Waals surface area contributed by atoms with E-state index < -0.39 is 0 Å². The predicted octanol–water partition coefficient (Wildman–Crippen LogP) is 4.18. The first-order valence-electron chi connectivity index (χ1n) is 6.46. The van der Waals surface area contributed by atoms with Crippen molar-refractivity contribution < 1.29 is 0 Å². The third kappa shape index (κ3) is 2.41. The molecule has 0 unspecified atom stereocenters. The summed E-state index contributed by atoms with van der Waals surface area (Å²) in [5.41, 5.74) is 2.85. The zero-order valence-electron chi connectivity index (χ0n) is 10.6. The van der Waals surface area contributed by atoms with E-state index in [2.05, 4.69) is 39.6 Å². The molecule has 1 aliphatic rings. The molecule has 0 spiro atoms. The van der Waals surface area contributed by atoms with Gasteiger partial charge in [0.1, 0.15) is 0 Å². The topological polar surface area (TPSA) is 17.8 Å². The number of alkyl halides is 1. The lowest BCUT2D eigenvalue weighted by Crippen LogP contribution is -2.34. The molecular weight excluding hydrogens is 300 g/mol. The minimum atomic E-state index is 0.335. The number of hydrogen-bond donors (Lipinski definition) is 0. The summed E-state index contributed by atoms with van der Waals surface area (Å²) in [5, 5.41) is 4.65. The summed E-state index contributed by atoms with van der Waals surface area (Å²) in [6, 6.07) is 0. The molecule has 1 aromatic rings. The summed E-state index contributed by atoms with van der Waals surface area (Å²) < 4.78 is 3.34. The number of aromatic nitrogens is 2. The van der Waals surface area contributed by atoms with E-state index in [1.807, 2.05) is 0 Å². The lowest BCUT2D eigenvalue weighted by Gasteiger charge is -2.40. The van der Waals surface area contributed by atoms with Crippen molar-refractivity contribution in [2.75, 3.05) is 5.88 Å². The van der Waals surface area contributed by atoms with E-state index in [4.69, 9.17) is 11.6 Å². The fraction of sp³-hybridized carbons (Fsp3) is 0.769. The van der Waals surface area contributed by atoms with Gasteiger partial charge >= 0.3 is 0 Å². The molecule has 17 heavy (non-hydrogen) atoms. The average Bonchev–Trinajstić information content (AvgIpc) is 2.60. The van der Waals surface area contributed by atoms with Crippen molar-refractivity contribution in [3.8, 4) is 0 Å². The maximum Gasteiger partial charge on any atom is 0.0766 e. The third-order valence-corrected chi connectivity index (χ3v) is 5.42. The minimum Gasteiger partial charge on any atom is -0.268 e. The summed E-state index contributed by atoms with van der Waals surface area (Å²) in [7, 11) is 0. The summed E-state index contributed by atoms with van der Waals surface area (Å²) in [6.45, 7) is 5.24. The number of rotatable bonds is 5. The van der Waals surface area contributed by atoms with Gasteiger partial charge in [0.05, 0.1) is 15.9 Å². The lowest BCUT2D eigenvalue weighted by atomic mass is 9.67. The van der Waals surface area contributed by atoms with Gasteiger partial charge in [-0.3, -0.25) is 4.68 Å². The Kier molecular flexibility index (Phi) is 4.19. The van der Waals surface area contributed by atoms with E-state index in [0.717, 1.165) is 25.3 Å². The molecule has 1 aromatic heterocycles. The Hall–Kier alpha value is -0.0200. The van der Waals surface area contributed by atoms with Crippen LogP contribution in [0.5, 0.6) is 0 Å². The van der Waals surface area contributed by atoms with Gasteiger partial charge in [-0.25, -0.2) is 0 Å². The number of aryl methyl sites for hydroxylation is 2. The zero-order valence-corrected chi connectivity index (χ0v) is 12.9. The van der Waals surface area contributed by atoms with Gasteiger partial charge in [-0.15, -0.1) is 11.6 Å². The van der Waals surface area contributed by atoms with Crippen LogP contribution >= 0.6 is 27.5 Å². The smallest absolute Gasteiger partial charge is 0.0766 e. The van der Waals surface area contributed by atoms with Gasteiger partial charge in [0.15, 0.2) is 0 Å². The van der Waals surface area contributed by atoms with Gasteiger partial charge in [0.2, 0.25) is 0 Å². The highest BCUT2D eigenvalue weighted by atomic mass is 79.9. The molecule has 0 atom stereocenters. The van der Waals surface area contributed by atoms with E-state index in [0.29, 0.717) is 5.41 Å². The lowest BCUT2D eigenvalue weighted by molar-refractivity contribution is 0.162. The molecular formula is C13H20BrClN2. The fourth-order valence-corrected chi connectivity index (χ4v) is 3.64. The standard InChI is InChI=1S/C13H20BrClN2/c1-3-10-12(14)11(17(4-2)16-10)8-13(9-15)6-5-7-13/h3-9H2,1-2H3. The van der Waals surface area contributed by atoms with Crippen LogP contribution < -0.4 is 0 Å². The Morgan fingerprint density at radius 1 is 1.41 bits per heavy atom. The van der Waals surface area contributed by atoms with Crippen LogP contribution in [0.3, 0.4) is 0 Å². The first-order valence-corrected chi connectivity index (χ1v) is 7.78. The van der Waals surface area contributed by atoms with Crippen LogP contribution in [0.25, 0.3) is 0 Å². The second-order valence-corrected chi connectivity index (χ2v) is 6.10. The second-order valence-electron chi connectivity index (χ2n) is 5.04. The first-order chi connectivity index (χ1) is 8.15. The number of halogens is 2. The van der Waals surface area contributed by atoms with E-state index >= 15 is 0 Å². The maximum atomic E-state index is 6.15. The summed E-state index contributed by atoms with van der Waals surface area (Å²) >= 11 is 9.87. The maximum absolute atomic E-state index is 6.15. The minimum absolute atomic E-state index is 0.335. The van der Waals surface area contributed by atoms with Gasteiger partial charge in [-0.1, -0.05) is 13.3 Å². The largest absolute Gasteiger partial charge is 0.268 e. The van der Waals surface area contributed by atoms with Gasteiger partial charge in [-0.05, 0) is 54.0 Å². The SMILES string of the molecule is CCc1nn(CC)c(CC2(CCl)CCC2)c1Br. The first kappa shape index (κ1) is 13.4. The van der Waals surface area contributed by atoms with Crippen molar-refractivity contribution in [1.29, 1.82) is 0 Å². The molecule has 0 saturated heterocycles. The van der Waals surface area contributed by atoms with Crippen LogP contribution in [0.2, 0.25) is 0 Å². The monoisotopic (exact) mass is 318 g/mol. The molecule has 1 saturated carbocycles. The van der Waals surface area contributed by atoms with E-state index in [-0.39, 0.29) is 0 Å². The van der Waals surface area contributed by atoms with Crippen LogP contribution in [-0.4, -0.2) is 15.7 Å². The highest BCUT2D eigenvalue weighted by Gasteiger charge is 2.37. The van der Waals surface area contributed by atoms with Crippen LogP contribution in [0, 0.1) is 5.41 Å². The van der Waals surface area contributed by atoms with Crippen LogP contribution in [-0.2, 0) is 19.4 Å².